The molecule has 2 heteroatoms. The molecule has 11 heavy (non-hydrogen) atoms. The molecule has 0 bridgehead atoms. The van der Waals surface area contributed by atoms with E-state index in [1.165, 1.54) is 0 Å². The zero-order valence-corrected chi connectivity index (χ0v) is 6.42. The highest BCUT2D eigenvalue weighted by molar-refractivity contribution is 5.93. The van der Waals surface area contributed by atoms with E-state index in [0.717, 1.165) is 12.8 Å². The van der Waals surface area contributed by atoms with E-state index in [2.05, 4.69) is 6.58 Å². The SMILES string of the molecule is C=CCC1C=C(O)C(=O)CC1. The Bertz CT molecular complexity index is 204. The summed E-state index contributed by atoms with van der Waals surface area (Å²) in [6.45, 7) is 3.60. The average Bonchev–Trinajstić information content (AvgIpc) is 1.98. The quantitative estimate of drug-likeness (QED) is 0.614. The Kier molecular flexibility index (Phi) is 2.47. The Morgan fingerprint density at radius 2 is 2.55 bits per heavy atom. The van der Waals surface area contributed by atoms with Gasteiger partial charge in [-0.25, -0.2) is 0 Å². The van der Waals surface area contributed by atoms with Crippen LogP contribution in [0.1, 0.15) is 19.3 Å². The number of aliphatic hydroxyl groups excluding tert-OH is 1. The summed E-state index contributed by atoms with van der Waals surface area (Å²) >= 11 is 0. The van der Waals surface area contributed by atoms with Crippen molar-refractivity contribution in [1.29, 1.82) is 0 Å². The van der Waals surface area contributed by atoms with Gasteiger partial charge in [0.25, 0.3) is 0 Å². The highest BCUT2D eigenvalue weighted by Crippen LogP contribution is 2.21. The lowest BCUT2D eigenvalue weighted by Gasteiger charge is -2.14. The molecular formula is C9H12O2. The summed E-state index contributed by atoms with van der Waals surface area (Å²) in [5.41, 5.74) is 0. The molecule has 0 saturated heterocycles. The average molecular weight is 152 g/mol. The van der Waals surface area contributed by atoms with E-state index in [1.54, 1.807) is 6.08 Å². The van der Waals surface area contributed by atoms with Crippen LogP contribution < -0.4 is 0 Å². The van der Waals surface area contributed by atoms with E-state index < -0.39 is 0 Å². The van der Waals surface area contributed by atoms with Crippen molar-refractivity contribution in [2.45, 2.75) is 19.3 Å². The van der Waals surface area contributed by atoms with Gasteiger partial charge in [-0.3, -0.25) is 4.79 Å². The third-order valence-corrected chi connectivity index (χ3v) is 1.89. The van der Waals surface area contributed by atoms with E-state index in [1.807, 2.05) is 6.08 Å². The third kappa shape index (κ3) is 1.93. The molecule has 0 saturated carbocycles. The number of aliphatic hydroxyl groups is 1. The first-order valence-electron chi connectivity index (χ1n) is 3.79. The van der Waals surface area contributed by atoms with Crippen molar-refractivity contribution in [3.05, 3.63) is 24.5 Å². The molecule has 0 fully saturated rings. The molecule has 60 valence electrons. The summed E-state index contributed by atoms with van der Waals surface area (Å²) in [5.74, 6) is 0.110. The number of Topliss-reactive ketones (excluding diaryl/α,β-unsaturated/α-hetero) is 1. The molecule has 1 aliphatic carbocycles. The maximum Gasteiger partial charge on any atom is 0.196 e. The second kappa shape index (κ2) is 3.37. The van der Waals surface area contributed by atoms with Crippen molar-refractivity contribution in [3.63, 3.8) is 0 Å². The maximum absolute atomic E-state index is 10.8. The number of ketones is 1. The maximum atomic E-state index is 10.8. The first-order chi connectivity index (χ1) is 5.24. The summed E-state index contributed by atoms with van der Waals surface area (Å²) in [6.07, 6.45) is 5.60. The van der Waals surface area contributed by atoms with Gasteiger partial charge in [0.2, 0.25) is 0 Å². The van der Waals surface area contributed by atoms with Crippen LogP contribution in [0.25, 0.3) is 0 Å². The smallest absolute Gasteiger partial charge is 0.196 e. The molecule has 1 atom stereocenters. The molecule has 0 aromatic heterocycles. The Morgan fingerprint density at radius 1 is 1.82 bits per heavy atom. The molecule has 1 rings (SSSR count). The van der Waals surface area contributed by atoms with Gasteiger partial charge in [-0.1, -0.05) is 6.08 Å². The molecule has 0 heterocycles. The monoisotopic (exact) mass is 152 g/mol. The number of hydrogen-bond donors (Lipinski definition) is 1. The van der Waals surface area contributed by atoms with Crippen molar-refractivity contribution in [2.24, 2.45) is 5.92 Å². The zero-order chi connectivity index (χ0) is 8.27. The lowest BCUT2D eigenvalue weighted by Crippen LogP contribution is -2.12. The normalized spacial score (nSPS) is 24.5. The standard InChI is InChI=1S/C9H12O2/c1-2-3-7-4-5-8(10)9(11)6-7/h2,6-7,11H,1,3-5H2. The summed E-state index contributed by atoms with van der Waals surface area (Å²) in [4.78, 5) is 10.8. The number of carbonyl (C=O) groups is 1. The topological polar surface area (TPSA) is 37.3 Å². The van der Waals surface area contributed by atoms with Gasteiger partial charge >= 0.3 is 0 Å². The van der Waals surface area contributed by atoms with Crippen LogP contribution in [0.4, 0.5) is 0 Å². The largest absolute Gasteiger partial charge is 0.505 e. The van der Waals surface area contributed by atoms with Crippen LogP contribution in [0.5, 0.6) is 0 Å². The Morgan fingerprint density at radius 3 is 3.09 bits per heavy atom. The third-order valence-electron chi connectivity index (χ3n) is 1.89. The van der Waals surface area contributed by atoms with E-state index in [0.29, 0.717) is 12.3 Å². The minimum Gasteiger partial charge on any atom is -0.505 e. The molecule has 0 amide bonds. The van der Waals surface area contributed by atoms with Crippen LogP contribution in [-0.4, -0.2) is 10.9 Å². The van der Waals surface area contributed by atoms with E-state index >= 15 is 0 Å². The highest BCUT2D eigenvalue weighted by Gasteiger charge is 2.18. The van der Waals surface area contributed by atoms with Gasteiger partial charge in [-0.2, -0.15) is 0 Å². The zero-order valence-electron chi connectivity index (χ0n) is 6.42. The fourth-order valence-electron chi connectivity index (χ4n) is 1.24. The second-order valence-electron chi connectivity index (χ2n) is 2.80. The molecule has 0 aromatic rings. The first-order valence-corrected chi connectivity index (χ1v) is 3.79. The molecular weight excluding hydrogens is 140 g/mol. The summed E-state index contributed by atoms with van der Waals surface area (Å²) in [7, 11) is 0. The summed E-state index contributed by atoms with van der Waals surface area (Å²) in [6, 6.07) is 0. The Balaban J connectivity index is 2.61. The number of allylic oxidation sites excluding steroid dienone is 3. The van der Waals surface area contributed by atoms with Crippen LogP contribution in [0, 0.1) is 5.92 Å². The van der Waals surface area contributed by atoms with Gasteiger partial charge in [0.1, 0.15) is 0 Å². The van der Waals surface area contributed by atoms with Crippen molar-refractivity contribution in [1.82, 2.24) is 0 Å². The van der Waals surface area contributed by atoms with Crippen LogP contribution in [0.3, 0.4) is 0 Å². The molecule has 0 aliphatic heterocycles. The van der Waals surface area contributed by atoms with Crippen molar-refractivity contribution >= 4 is 5.78 Å². The molecule has 1 N–H and O–H groups in total. The van der Waals surface area contributed by atoms with Crippen molar-refractivity contribution in [2.75, 3.05) is 0 Å². The van der Waals surface area contributed by atoms with Crippen LogP contribution in [-0.2, 0) is 4.79 Å². The highest BCUT2D eigenvalue weighted by atomic mass is 16.3. The fourth-order valence-corrected chi connectivity index (χ4v) is 1.24. The molecule has 0 spiro atoms. The molecule has 0 radical (unpaired) electrons. The lowest BCUT2D eigenvalue weighted by molar-refractivity contribution is -0.118. The number of rotatable bonds is 2. The van der Waals surface area contributed by atoms with Crippen LogP contribution in [0.2, 0.25) is 0 Å². The van der Waals surface area contributed by atoms with Gasteiger partial charge in [-0.15, -0.1) is 6.58 Å². The Labute approximate surface area is 66.2 Å². The predicted molar refractivity (Wildman–Crippen MR) is 43.3 cm³/mol. The van der Waals surface area contributed by atoms with Crippen molar-refractivity contribution < 1.29 is 9.90 Å². The number of hydrogen-bond acceptors (Lipinski definition) is 2. The van der Waals surface area contributed by atoms with Gasteiger partial charge in [0.05, 0.1) is 0 Å². The van der Waals surface area contributed by atoms with Crippen LogP contribution >= 0.6 is 0 Å². The summed E-state index contributed by atoms with van der Waals surface area (Å²) in [5, 5.41) is 9.05. The first kappa shape index (κ1) is 8.05. The Hall–Kier alpha value is -1.05. The molecule has 2 nitrogen and oxygen atoms in total. The molecule has 0 aromatic carbocycles. The minimum atomic E-state index is -0.134. The van der Waals surface area contributed by atoms with Crippen LogP contribution in [0.15, 0.2) is 24.5 Å². The van der Waals surface area contributed by atoms with Gasteiger partial charge < -0.3 is 5.11 Å². The minimum absolute atomic E-state index is 0.0666. The van der Waals surface area contributed by atoms with E-state index in [-0.39, 0.29) is 11.5 Å². The predicted octanol–water partition coefficient (Wildman–Crippen LogP) is 1.98. The van der Waals surface area contributed by atoms with Gasteiger partial charge in [0.15, 0.2) is 11.5 Å². The molecule has 1 unspecified atom stereocenters. The lowest BCUT2D eigenvalue weighted by atomic mass is 9.91. The van der Waals surface area contributed by atoms with Gasteiger partial charge in [-0.05, 0) is 24.8 Å². The van der Waals surface area contributed by atoms with E-state index in [4.69, 9.17) is 5.11 Å². The van der Waals surface area contributed by atoms with Crippen molar-refractivity contribution in [3.8, 4) is 0 Å². The molecule has 1 aliphatic rings. The summed E-state index contributed by atoms with van der Waals surface area (Å²) < 4.78 is 0. The number of carbonyl (C=O) groups excluding carboxylic acids is 1. The van der Waals surface area contributed by atoms with Gasteiger partial charge in [0, 0.05) is 6.42 Å². The second-order valence-corrected chi connectivity index (χ2v) is 2.80. The fraction of sp³-hybridized carbons (Fsp3) is 0.444. The van der Waals surface area contributed by atoms with E-state index in [9.17, 15) is 4.79 Å².